The molecule has 6 rings (SSSR count). The maximum atomic E-state index is 14.2. The lowest BCUT2D eigenvalue weighted by atomic mass is 10.1. The highest BCUT2D eigenvalue weighted by atomic mass is 35.5. The summed E-state index contributed by atoms with van der Waals surface area (Å²) in [6.07, 6.45) is -0.781. The van der Waals surface area contributed by atoms with Crippen LogP contribution in [0.3, 0.4) is 0 Å². The second kappa shape index (κ2) is 13.7. The lowest BCUT2D eigenvalue weighted by Gasteiger charge is -2.41. The Hall–Kier alpha value is -5.03. The lowest BCUT2D eigenvalue weighted by molar-refractivity contribution is -0.137. The fourth-order valence-electron chi connectivity index (χ4n) is 6.14. The van der Waals surface area contributed by atoms with Crippen LogP contribution < -0.4 is 15.8 Å². The Morgan fingerprint density at radius 1 is 1.20 bits per heavy atom. The van der Waals surface area contributed by atoms with E-state index in [0.717, 1.165) is 28.3 Å². The summed E-state index contributed by atoms with van der Waals surface area (Å²) < 4.78 is 47.7. The molecule has 1 unspecified atom stereocenters. The third kappa shape index (κ3) is 6.61. The van der Waals surface area contributed by atoms with Crippen molar-refractivity contribution in [1.29, 1.82) is 0 Å². The molecular weight excluding hydrogens is 683 g/mol. The molecule has 1 saturated heterocycles. The molecule has 0 spiro atoms. The van der Waals surface area contributed by atoms with Gasteiger partial charge in [0, 0.05) is 25.7 Å². The summed E-state index contributed by atoms with van der Waals surface area (Å²) in [7, 11) is 0. The normalized spacial score (nSPS) is 16.9. The number of nitrogens with one attached hydrogen (secondary N) is 1. The second-order valence-electron chi connectivity index (χ2n) is 11.9. The number of rotatable bonds is 7. The molecule has 2 amide bonds. The summed E-state index contributed by atoms with van der Waals surface area (Å²) in [5.74, 6) is -1.01. The van der Waals surface area contributed by atoms with Crippen molar-refractivity contribution in [2.75, 3.05) is 43.1 Å². The number of aromatic nitrogens is 6. The SMILES string of the molecule is CCc1c(N2CCN(C(=O)c3ncnc(C)c3O)C(C)C2)c(=O)n2nc(C3=CCOCC3)nc2n1CC(=O)Nc1ccc(C(F)(F)F)cc1Cl. The van der Waals surface area contributed by atoms with Crippen molar-refractivity contribution >= 4 is 46.1 Å². The van der Waals surface area contributed by atoms with Crippen LogP contribution in [-0.2, 0) is 28.7 Å². The van der Waals surface area contributed by atoms with Crippen LogP contribution in [0.5, 0.6) is 5.75 Å². The quantitative estimate of drug-likeness (QED) is 0.289. The standard InChI is InChI=1S/C32H33ClF3N9O5/c1-4-23-26(42-9-10-43(17(2)14-42)29(48)25-27(47)18(3)37-16-38-25)30(49)45-31(40-28(41-45)19-7-11-50-12-8-19)44(23)15-24(46)39-22-6-5-20(13-21(22)33)32(34,35)36/h5-7,13,16-17,47H,4,8-12,14-15H2,1-3H3,(H,39,46). The Morgan fingerprint density at radius 2 is 1.98 bits per heavy atom. The van der Waals surface area contributed by atoms with E-state index in [0.29, 0.717) is 31.2 Å². The number of aryl methyl sites for hydroxylation is 1. The molecule has 2 N–H and O–H groups in total. The maximum Gasteiger partial charge on any atom is 0.416 e. The van der Waals surface area contributed by atoms with Crippen LogP contribution in [0, 0.1) is 6.92 Å². The number of benzene rings is 1. The van der Waals surface area contributed by atoms with Gasteiger partial charge >= 0.3 is 6.18 Å². The molecular formula is C32H33ClF3N9O5. The van der Waals surface area contributed by atoms with Crippen LogP contribution in [0.4, 0.5) is 24.5 Å². The van der Waals surface area contributed by atoms with Crippen molar-refractivity contribution < 1.29 is 32.6 Å². The highest BCUT2D eigenvalue weighted by Gasteiger charge is 2.34. The van der Waals surface area contributed by atoms with Gasteiger partial charge in [0.15, 0.2) is 17.3 Å². The molecule has 0 bridgehead atoms. The molecule has 1 atom stereocenters. The van der Waals surface area contributed by atoms with E-state index in [1.54, 1.807) is 16.4 Å². The van der Waals surface area contributed by atoms with Crippen LogP contribution >= 0.6 is 11.6 Å². The fraction of sp³-hybridized carbons (Fsp3) is 0.406. The number of aromatic hydroxyl groups is 1. The number of piperazine rings is 1. The number of nitrogens with zero attached hydrogens (tertiary/aromatic N) is 8. The number of carbonyl (C=O) groups is 2. The van der Waals surface area contributed by atoms with Crippen LogP contribution in [0.1, 0.15) is 53.5 Å². The van der Waals surface area contributed by atoms with Gasteiger partial charge < -0.3 is 29.5 Å². The van der Waals surface area contributed by atoms with E-state index >= 15 is 0 Å². The predicted octanol–water partition coefficient (Wildman–Crippen LogP) is 3.72. The van der Waals surface area contributed by atoms with Crippen molar-refractivity contribution in [3.05, 3.63) is 74.4 Å². The average molecular weight is 716 g/mol. The summed E-state index contributed by atoms with van der Waals surface area (Å²) in [4.78, 5) is 57.1. The van der Waals surface area contributed by atoms with Crippen molar-refractivity contribution in [2.24, 2.45) is 0 Å². The Morgan fingerprint density at radius 3 is 2.64 bits per heavy atom. The molecule has 1 fully saturated rings. The first kappa shape index (κ1) is 34.8. The molecule has 2 aliphatic rings. The number of hydrogen-bond donors (Lipinski definition) is 2. The maximum absolute atomic E-state index is 14.2. The third-order valence-corrected chi connectivity index (χ3v) is 9.01. The second-order valence-corrected chi connectivity index (χ2v) is 12.3. The zero-order chi connectivity index (χ0) is 35.9. The van der Waals surface area contributed by atoms with E-state index in [9.17, 15) is 32.7 Å². The molecule has 264 valence electrons. The van der Waals surface area contributed by atoms with Gasteiger partial charge in [-0.15, -0.1) is 5.10 Å². The highest BCUT2D eigenvalue weighted by molar-refractivity contribution is 6.33. The molecule has 50 heavy (non-hydrogen) atoms. The molecule has 0 radical (unpaired) electrons. The van der Waals surface area contributed by atoms with E-state index < -0.39 is 35.2 Å². The molecule has 0 aliphatic carbocycles. The summed E-state index contributed by atoms with van der Waals surface area (Å²) in [5, 5.41) is 17.3. The van der Waals surface area contributed by atoms with E-state index in [-0.39, 0.29) is 71.9 Å². The van der Waals surface area contributed by atoms with Gasteiger partial charge in [-0.25, -0.2) is 9.97 Å². The highest BCUT2D eigenvalue weighted by Crippen LogP contribution is 2.34. The van der Waals surface area contributed by atoms with Crippen molar-refractivity contribution in [2.45, 2.75) is 52.4 Å². The van der Waals surface area contributed by atoms with Crippen molar-refractivity contribution in [1.82, 2.24) is 34.0 Å². The number of alkyl halides is 3. The third-order valence-electron chi connectivity index (χ3n) is 8.70. The zero-order valence-electron chi connectivity index (χ0n) is 27.3. The molecule has 1 aromatic carbocycles. The summed E-state index contributed by atoms with van der Waals surface area (Å²) >= 11 is 6.11. The predicted molar refractivity (Wildman–Crippen MR) is 176 cm³/mol. The van der Waals surface area contributed by atoms with Crippen LogP contribution in [0.2, 0.25) is 5.02 Å². The minimum Gasteiger partial charge on any atom is -0.504 e. The molecule has 2 aliphatic heterocycles. The van der Waals surface area contributed by atoms with Crippen LogP contribution in [-0.4, -0.2) is 89.8 Å². The molecule has 3 aromatic heterocycles. The first-order chi connectivity index (χ1) is 23.8. The van der Waals surface area contributed by atoms with Crippen molar-refractivity contribution in [3.63, 3.8) is 0 Å². The molecule has 0 saturated carbocycles. The fourth-order valence-corrected chi connectivity index (χ4v) is 6.37. The first-order valence-corrected chi connectivity index (χ1v) is 16.2. The monoisotopic (exact) mass is 715 g/mol. The Kier molecular flexibility index (Phi) is 9.54. The van der Waals surface area contributed by atoms with Crippen LogP contribution in [0.15, 0.2) is 35.4 Å². The molecule has 4 aromatic rings. The number of amides is 2. The Labute approximate surface area is 288 Å². The molecule has 5 heterocycles. The van der Waals surface area contributed by atoms with Gasteiger partial charge in [0.1, 0.15) is 18.6 Å². The van der Waals surface area contributed by atoms with Gasteiger partial charge in [-0.3, -0.25) is 14.4 Å². The van der Waals surface area contributed by atoms with Crippen LogP contribution in [0.25, 0.3) is 11.4 Å². The van der Waals surface area contributed by atoms with Gasteiger partial charge in [0.05, 0.1) is 40.9 Å². The number of carbonyl (C=O) groups excluding carboxylic acids is 2. The minimum absolute atomic E-state index is 0.0194. The Bertz CT molecular complexity index is 2080. The Balaban J connectivity index is 1.37. The lowest BCUT2D eigenvalue weighted by Crippen LogP contribution is -2.55. The summed E-state index contributed by atoms with van der Waals surface area (Å²) in [6.45, 7) is 6.25. The van der Waals surface area contributed by atoms with E-state index in [1.807, 2.05) is 24.8 Å². The largest absolute Gasteiger partial charge is 0.504 e. The number of anilines is 2. The van der Waals surface area contributed by atoms with Gasteiger partial charge in [-0.1, -0.05) is 24.6 Å². The minimum atomic E-state index is -4.61. The topological polar surface area (TPSA) is 160 Å². The number of halogens is 4. The van der Waals surface area contributed by atoms with Crippen molar-refractivity contribution in [3.8, 4) is 5.75 Å². The van der Waals surface area contributed by atoms with Gasteiger partial charge in [-0.2, -0.15) is 22.7 Å². The average Bonchev–Trinajstić information content (AvgIpc) is 3.54. The molecule has 18 heteroatoms. The smallest absolute Gasteiger partial charge is 0.416 e. The van der Waals surface area contributed by atoms with Gasteiger partial charge in [0.2, 0.25) is 11.7 Å². The van der Waals surface area contributed by atoms with E-state index in [4.69, 9.17) is 16.3 Å². The van der Waals surface area contributed by atoms with E-state index in [2.05, 4.69) is 25.4 Å². The summed E-state index contributed by atoms with van der Waals surface area (Å²) in [5.41, 5.74) is 0.201. The summed E-state index contributed by atoms with van der Waals surface area (Å²) in [6, 6.07) is 2.20. The van der Waals surface area contributed by atoms with E-state index in [1.165, 1.54) is 6.33 Å². The number of fused-ring (bicyclic) bond motifs is 1. The number of hydrogen-bond acceptors (Lipinski definition) is 10. The first-order valence-electron chi connectivity index (χ1n) is 15.8. The molecule has 14 nitrogen and oxygen atoms in total. The number of ether oxygens (including phenoxy) is 1. The zero-order valence-corrected chi connectivity index (χ0v) is 28.0. The van der Waals surface area contributed by atoms with Gasteiger partial charge in [0.25, 0.3) is 11.5 Å². The van der Waals surface area contributed by atoms with Gasteiger partial charge in [-0.05, 0) is 50.5 Å².